The Morgan fingerprint density at radius 1 is 0.365 bits per heavy atom. The van der Waals surface area contributed by atoms with E-state index in [1.54, 1.807) is 11.3 Å². The fourth-order valence-electron chi connectivity index (χ4n) is 9.28. The molecular weight excluding hydrogens is 787 g/mol. The van der Waals surface area contributed by atoms with Crippen molar-refractivity contribution in [3.8, 4) is 56.7 Å². The van der Waals surface area contributed by atoms with Crippen LogP contribution in [0.3, 0.4) is 0 Å². The third-order valence-corrected chi connectivity index (χ3v) is 13.3. The van der Waals surface area contributed by atoms with E-state index >= 15 is 0 Å². The first-order valence-corrected chi connectivity index (χ1v) is 21.7. The van der Waals surface area contributed by atoms with Crippen molar-refractivity contribution in [2.75, 3.05) is 0 Å². The van der Waals surface area contributed by atoms with E-state index < -0.39 is 0 Å². The lowest BCUT2D eigenvalue weighted by atomic mass is 9.98. The van der Waals surface area contributed by atoms with E-state index in [0.717, 1.165) is 91.7 Å². The number of hydrogen-bond acceptors (Lipinski definition) is 4. The molecule has 0 N–H and O–H groups in total. The lowest BCUT2D eigenvalue weighted by Gasteiger charge is -2.14. The molecule has 9 aromatic carbocycles. The molecule has 0 radical (unpaired) electrons. The fraction of sp³-hybridized carbons (Fsp3) is 0. The Labute approximate surface area is 372 Å². The van der Waals surface area contributed by atoms with Gasteiger partial charge in [0.2, 0.25) is 0 Å². The zero-order valence-electron chi connectivity index (χ0n) is 37.5. The Morgan fingerprint density at radius 3 is 1.41 bits per heavy atom. The number of aromatic nitrogens is 5. The van der Waals surface area contributed by atoms with Crippen LogP contribution in [0.2, 0.25) is 0 Å². The largest absolute Gasteiger partial charge is 0.309 e. The summed E-state index contributed by atoms with van der Waals surface area (Å²) in [6.45, 7) is 0. The smallest absolute Gasteiger partial charge is 0.165 e. The molecule has 0 atom stereocenters. The SMILES string of the molecule is [2H]c1c([2H])c(-n2c3ccccc3c3ccccc32)c([2H])c([2H])c1-c1nc(-c2ccccc2)nc(-c2cc(-n3c4ccccc4c4ccccc43)cc3c2sc2cccc(-c4ccccc4)c23)n1. The van der Waals surface area contributed by atoms with Crippen molar-refractivity contribution in [2.24, 2.45) is 0 Å². The van der Waals surface area contributed by atoms with E-state index in [-0.39, 0.29) is 41.2 Å². The maximum Gasteiger partial charge on any atom is 0.165 e. The van der Waals surface area contributed by atoms with Gasteiger partial charge in [-0.25, -0.2) is 15.0 Å². The molecule has 0 unspecified atom stereocenters. The van der Waals surface area contributed by atoms with Gasteiger partial charge in [-0.3, -0.25) is 0 Å². The van der Waals surface area contributed by atoms with Crippen molar-refractivity contribution in [2.45, 2.75) is 0 Å². The molecule has 63 heavy (non-hydrogen) atoms. The van der Waals surface area contributed by atoms with Crippen molar-refractivity contribution < 1.29 is 5.48 Å². The Morgan fingerprint density at radius 2 is 0.841 bits per heavy atom. The van der Waals surface area contributed by atoms with Crippen LogP contribution in [0.1, 0.15) is 5.48 Å². The molecule has 0 saturated carbocycles. The van der Waals surface area contributed by atoms with Crippen molar-refractivity contribution >= 4 is 75.1 Å². The van der Waals surface area contributed by atoms with Crippen LogP contribution in [0.5, 0.6) is 0 Å². The number of thiophene rings is 1. The standard InChI is InChI=1S/C57H35N5S/c1-3-16-36(17-4-1)41-24-15-29-52-53(41)46-34-40(62-50-27-13-9-22-44(50)45-23-10-14-28-51(45)62)35-47(54(46)63-52)57-59-55(37-18-5-2-6-19-37)58-56(60-57)38-30-32-39(33-31-38)61-48-25-11-7-20-42(48)43-21-8-12-26-49(43)61/h1-35H/i30D,31D,32D,33D. The van der Waals surface area contributed by atoms with Crippen LogP contribution < -0.4 is 0 Å². The monoisotopic (exact) mass is 825 g/mol. The van der Waals surface area contributed by atoms with Crippen LogP contribution in [-0.2, 0) is 0 Å². The minimum absolute atomic E-state index is 0.00199. The van der Waals surface area contributed by atoms with Gasteiger partial charge in [0.05, 0.1) is 27.5 Å². The van der Waals surface area contributed by atoms with Crippen LogP contribution in [0.25, 0.3) is 120 Å². The van der Waals surface area contributed by atoms with Crippen molar-refractivity contribution in [3.63, 3.8) is 0 Å². The minimum atomic E-state index is -0.243. The minimum Gasteiger partial charge on any atom is -0.309 e. The fourth-order valence-corrected chi connectivity index (χ4v) is 10.5. The van der Waals surface area contributed by atoms with Crippen LogP contribution in [0.4, 0.5) is 0 Å². The summed E-state index contributed by atoms with van der Waals surface area (Å²) in [5.41, 5.74) is 8.48. The first-order valence-electron chi connectivity index (χ1n) is 22.9. The van der Waals surface area contributed by atoms with Crippen LogP contribution in [0.15, 0.2) is 212 Å². The quantitative estimate of drug-likeness (QED) is 0.168. The van der Waals surface area contributed by atoms with Gasteiger partial charge >= 0.3 is 0 Å². The Bertz CT molecular complexity index is 4020. The van der Waals surface area contributed by atoms with Gasteiger partial charge in [0.15, 0.2) is 17.5 Å². The molecule has 5 nitrogen and oxygen atoms in total. The van der Waals surface area contributed by atoms with Crippen LogP contribution in [-0.4, -0.2) is 24.1 Å². The van der Waals surface area contributed by atoms with Crippen molar-refractivity contribution in [3.05, 3.63) is 212 Å². The highest BCUT2D eigenvalue weighted by Crippen LogP contribution is 2.46. The molecule has 0 aliphatic carbocycles. The molecule has 0 amide bonds. The summed E-state index contributed by atoms with van der Waals surface area (Å²) >= 11 is 1.68. The number of rotatable bonds is 6. The average Bonchev–Trinajstić information content (AvgIpc) is 4.04. The zero-order valence-corrected chi connectivity index (χ0v) is 34.4. The topological polar surface area (TPSA) is 48.5 Å². The lowest BCUT2D eigenvalue weighted by molar-refractivity contribution is 1.07. The van der Waals surface area contributed by atoms with E-state index in [9.17, 15) is 5.48 Å². The number of hydrogen-bond donors (Lipinski definition) is 0. The highest BCUT2D eigenvalue weighted by molar-refractivity contribution is 7.26. The van der Waals surface area contributed by atoms with Gasteiger partial charge in [0.1, 0.15) is 0 Å². The summed E-state index contributed by atoms with van der Waals surface area (Å²) < 4.78 is 44.8. The van der Waals surface area contributed by atoms with E-state index in [0.29, 0.717) is 11.6 Å². The van der Waals surface area contributed by atoms with Gasteiger partial charge in [-0.1, -0.05) is 146 Å². The second kappa shape index (κ2) is 14.2. The second-order valence-electron chi connectivity index (χ2n) is 15.7. The maximum absolute atomic E-state index is 9.67. The molecule has 4 heterocycles. The Balaban J connectivity index is 1.12. The van der Waals surface area contributed by atoms with E-state index in [1.807, 2.05) is 89.5 Å². The number of fused-ring (bicyclic) bond motifs is 9. The predicted octanol–water partition coefficient (Wildman–Crippen LogP) is 15.1. The first-order chi connectivity index (χ1) is 32.9. The highest BCUT2D eigenvalue weighted by Gasteiger charge is 2.22. The van der Waals surface area contributed by atoms with Crippen molar-refractivity contribution in [1.29, 1.82) is 0 Å². The molecule has 0 fully saturated rings. The van der Waals surface area contributed by atoms with E-state index in [4.69, 9.17) is 15.0 Å². The van der Waals surface area contributed by atoms with Crippen LogP contribution >= 0.6 is 11.3 Å². The molecule has 0 bridgehead atoms. The predicted molar refractivity (Wildman–Crippen MR) is 263 cm³/mol. The number of benzene rings is 9. The average molecular weight is 826 g/mol. The number of nitrogens with zero attached hydrogens (tertiary/aromatic N) is 5. The zero-order chi connectivity index (χ0) is 44.9. The maximum atomic E-state index is 9.67. The van der Waals surface area contributed by atoms with Gasteiger partial charge in [0, 0.05) is 69.8 Å². The molecular formula is C57H35N5S. The normalized spacial score (nSPS) is 12.7. The molecule has 0 aliphatic heterocycles. The van der Waals surface area contributed by atoms with Gasteiger partial charge in [-0.05, 0) is 77.8 Å². The molecule has 0 spiro atoms. The summed E-state index contributed by atoms with van der Waals surface area (Å²) in [5, 5.41) is 6.36. The molecule has 294 valence electrons. The van der Waals surface area contributed by atoms with E-state index in [2.05, 4.69) is 108 Å². The third-order valence-electron chi connectivity index (χ3n) is 12.1. The van der Waals surface area contributed by atoms with E-state index in [1.165, 1.54) is 0 Å². The number of para-hydroxylation sites is 4. The molecule has 13 aromatic rings. The van der Waals surface area contributed by atoms with Crippen LogP contribution in [0, 0.1) is 0 Å². The third kappa shape index (κ3) is 5.66. The molecule has 13 rings (SSSR count). The van der Waals surface area contributed by atoms with Gasteiger partial charge in [-0.15, -0.1) is 11.3 Å². The lowest BCUT2D eigenvalue weighted by Crippen LogP contribution is -2.02. The van der Waals surface area contributed by atoms with Crippen molar-refractivity contribution in [1.82, 2.24) is 24.1 Å². The first kappa shape index (κ1) is 31.7. The Kier molecular flexibility index (Phi) is 7.13. The Hall–Kier alpha value is -8.19. The van der Waals surface area contributed by atoms with Gasteiger partial charge in [-0.2, -0.15) is 0 Å². The molecule has 0 saturated heterocycles. The van der Waals surface area contributed by atoms with Gasteiger partial charge < -0.3 is 9.13 Å². The van der Waals surface area contributed by atoms with Gasteiger partial charge in [0.25, 0.3) is 0 Å². The summed E-state index contributed by atoms with van der Waals surface area (Å²) in [6.07, 6.45) is 0. The summed E-state index contributed by atoms with van der Waals surface area (Å²) in [4.78, 5) is 15.4. The highest BCUT2D eigenvalue weighted by atomic mass is 32.1. The molecule has 6 heteroatoms. The summed E-state index contributed by atoms with van der Waals surface area (Å²) in [5.74, 6) is 0.759. The summed E-state index contributed by atoms with van der Waals surface area (Å²) in [7, 11) is 0. The summed E-state index contributed by atoms with van der Waals surface area (Å²) in [6, 6.07) is 62.7. The molecule has 0 aliphatic rings. The second-order valence-corrected chi connectivity index (χ2v) is 16.7. The molecule has 4 aromatic heterocycles.